The third-order valence-corrected chi connectivity index (χ3v) is 4.31. The molecule has 0 saturated carbocycles. The van der Waals surface area contributed by atoms with E-state index in [0.717, 1.165) is 49.2 Å². The smallest absolute Gasteiger partial charge is 0.168 e. The summed E-state index contributed by atoms with van der Waals surface area (Å²) in [7, 11) is 1.64. The van der Waals surface area contributed by atoms with E-state index in [2.05, 4.69) is 0 Å². The van der Waals surface area contributed by atoms with Crippen LogP contribution in [0.25, 0.3) is 0 Å². The Morgan fingerprint density at radius 2 is 2.16 bits per heavy atom. The number of hydrogen-bond donors (Lipinski definition) is 0. The number of hydrogen-bond acceptors (Lipinski definition) is 3. The van der Waals surface area contributed by atoms with Gasteiger partial charge in [0.15, 0.2) is 5.78 Å². The molecule has 1 aliphatic carbocycles. The van der Waals surface area contributed by atoms with Crippen molar-refractivity contribution < 1.29 is 14.3 Å². The Morgan fingerprint density at radius 1 is 1.26 bits per heavy atom. The van der Waals surface area contributed by atoms with Gasteiger partial charge >= 0.3 is 0 Å². The lowest BCUT2D eigenvalue weighted by Gasteiger charge is -2.32. The fraction of sp³-hybridized carbons (Fsp3) is 0.562. The van der Waals surface area contributed by atoms with E-state index in [1.165, 1.54) is 6.42 Å². The Bertz CT molecular complexity index is 475. The molecule has 1 heterocycles. The molecule has 3 heteroatoms. The maximum Gasteiger partial charge on any atom is 0.168 e. The van der Waals surface area contributed by atoms with Crippen LogP contribution in [0.5, 0.6) is 5.75 Å². The summed E-state index contributed by atoms with van der Waals surface area (Å²) in [6.45, 7) is 0.805. The highest BCUT2D eigenvalue weighted by Crippen LogP contribution is 2.33. The maximum atomic E-state index is 12.6. The van der Waals surface area contributed by atoms with E-state index < -0.39 is 0 Å². The normalized spacial score (nSPS) is 26.9. The monoisotopic (exact) mass is 260 g/mol. The third kappa shape index (κ3) is 2.39. The number of Topliss-reactive ketones (excluding diaryl/α,β-unsaturated/α-hetero) is 1. The summed E-state index contributed by atoms with van der Waals surface area (Å²) in [5.41, 5.74) is 1.99. The van der Waals surface area contributed by atoms with Gasteiger partial charge in [-0.3, -0.25) is 4.79 Å². The lowest BCUT2D eigenvalue weighted by Crippen LogP contribution is -2.36. The van der Waals surface area contributed by atoms with E-state index in [0.29, 0.717) is 0 Å². The van der Waals surface area contributed by atoms with Crippen molar-refractivity contribution in [3.8, 4) is 5.75 Å². The zero-order valence-corrected chi connectivity index (χ0v) is 11.4. The second-order valence-electron chi connectivity index (χ2n) is 5.44. The quantitative estimate of drug-likeness (QED) is 0.820. The van der Waals surface area contributed by atoms with E-state index in [-0.39, 0.29) is 17.8 Å². The summed E-state index contributed by atoms with van der Waals surface area (Å²) in [5, 5.41) is 0. The number of fused-ring (bicyclic) bond motifs is 1. The predicted molar refractivity (Wildman–Crippen MR) is 72.7 cm³/mol. The van der Waals surface area contributed by atoms with E-state index in [4.69, 9.17) is 9.47 Å². The van der Waals surface area contributed by atoms with Crippen LogP contribution < -0.4 is 4.74 Å². The van der Waals surface area contributed by atoms with Crippen molar-refractivity contribution in [1.29, 1.82) is 0 Å². The van der Waals surface area contributed by atoms with Gasteiger partial charge in [-0.15, -0.1) is 0 Å². The van der Waals surface area contributed by atoms with Crippen LogP contribution in [0.15, 0.2) is 18.2 Å². The number of carbonyl (C=O) groups excluding carboxylic acids is 1. The van der Waals surface area contributed by atoms with E-state index >= 15 is 0 Å². The molecule has 0 radical (unpaired) electrons. The molecule has 1 saturated heterocycles. The number of ketones is 1. The van der Waals surface area contributed by atoms with Crippen LogP contribution in [0, 0.1) is 5.92 Å². The minimum absolute atomic E-state index is 0.0416. The zero-order valence-electron chi connectivity index (χ0n) is 11.4. The largest absolute Gasteiger partial charge is 0.497 e. The Kier molecular flexibility index (Phi) is 3.56. The standard InChI is InChI=1S/C16H20O3/c1-18-12-7-5-11-6-8-13(16(17)14(11)10-12)15-4-2-3-9-19-15/h5,7,10,13,15H,2-4,6,8-9H2,1H3. The van der Waals surface area contributed by atoms with Crippen LogP contribution in [0.3, 0.4) is 0 Å². The Balaban J connectivity index is 1.85. The number of rotatable bonds is 2. The SMILES string of the molecule is COc1ccc2c(c1)C(=O)C(C1CCCCO1)CC2. The number of benzene rings is 1. The molecule has 2 atom stereocenters. The highest BCUT2D eigenvalue weighted by atomic mass is 16.5. The second kappa shape index (κ2) is 5.33. The van der Waals surface area contributed by atoms with Gasteiger partial charge in [-0.05, 0) is 49.8 Å². The van der Waals surface area contributed by atoms with Crippen molar-refractivity contribution >= 4 is 5.78 Å². The van der Waals surface area contributed by atoms with E-state index in [9.17, 15) is 4.79 Å². The summed E-state index contributed by atoms with van der Waals surface area (Å²) in [6.07, 6.45) is 5.34. The summed E-state index contributed by atoms with van der Waals surface area (Å²) in [4.78, 5) is 12.6. The minimum atomic E-state index is 0.0416. The average Bonchev–Trinajstić information content (AvgIpc) is 2.48. The number of ether oxygens (including phenoxy) is 2. The lowest BCUT2D eigenvalue weighted by atomic mass is 9.78. The first-order valence-electron chi connectivity index (χ1n) is 7.12. The molecule has 1 fully saturated rings. The molecule has 19 heavy (non-hydrogen) atoms. The molecule has 0 spiro atoms. The summed E-state index contributed by atoms with van der Waals surface area (Å²) < 4.78 is 11.0. The molecule has 102 valence electrons. The first kappa shape index (κ1) is 12.7. The summed E-state index contributed by atoms with van der Waals surface area (Å²) in [6, 6.07) is 5.83. The van der Waals surface area contributed by atoms with Crippen molar-refractivity contribution in [2.45, 2.75) is 38.2 Å². The van der Waals surface area contributed by atoms with Gasteiger partial charge in [-0.1, -0.05) is 6.07 Å². The van der Waals surface area contributed by atoms with E-state index in [1.807, 2.05) is 18.2 Å². The van der Waals surface area contributed by atoms with Crippen molar-refractivity contribution in [3.63, 3.8) is 0 Å². The van der Waals surface area contributed by atoms with E-state index in [1.54, 1.807) is 7.11 Å². The van der Waals surface area contributed by atoms with Crippen LogP contribution in [-0.4, -0.2) is 25.6 Å². The summed E-state index contributed by atoms with van der Waals surface area (Å²) in [5.74, 6) is 1.05. The number of carbonyl (C=O) groups is 1. The molecule has 1 aromatic rings. The molecule has 3 nitrogen and oxygen atoms in total. The molecule has 0 N–H and O–H groups in total. The lowest BCUT2D eigenvalue weighted by molar-refractivity contribution is -0.0178. The van der Waals surface area contributed by atoms with Gasteiger partial charge in [-0.25, -0.2) is 0 Å². The van der Waals surface area contributed by atoms with Crippen LogP contribution in [0.2, 0.25) is 0 Å². The molecule has 2 unspecified atom stereocenters. The molecule has 3 rings (SSSR count). The molecular weight excluding hydrogens is 240 g/mol. The van der Waals surface area contributed by atoms with Gasteiger partial charge < -0.3 is 9.47 Å². The highest BCUT2D eigenvalue weighted by Gasteiger charge is 2.35. The van der Waals surface area contributed by atoms with Crippen molar-refractivity contribution in [3.05, 3.63) is 29.3 Å². The van der Waals surface area contributed by atoms with Crippen molar-refractivity contribution in [1.82, 2.24) is 0 Å². The number of methoxy groups -OCH3 is 1. The first-order valence-corrected chi connectivity index (χ1v) is 7.12. The molecule has 1 aliphatic heterocycles. The zero-order chi connectivity index (χ0) is 13.2. The predicted octanol–water partition coefficient (Wildman–Crippen LogP) is 3.01. The van der Waals surface area contributed by atoms with Gasteiger partial charge in [0.05, 0.1) is 13.2 Å². The molecule has 2 aliphatic rings. The molecular formula is C16H20O3. The molecule has 0 bridgehead atoms. The highest BCUT2D eigenvalue weighted by molar-refractivity contribution is 6.00. The maximum absolute atomic E-state index is 12.6. The Morgan fingerprint density at radius 3 is 2.89 bits per heavy atom. The molecule has 0 aromatic heterocycles. The molecule has 1 aromatic carbocycles. The Hall–Kier alpha value is -1.35. The van der Waals surface area contributed by atoms with Crippen LogP contribution in [-0.2, 0) is 11.2 Å². The first-order chi connectivity index (χ1) is 9.29. The van der Waals surface area contributed by atoms with Crippen molar-refractivity contribution in [2.24, 2.45) is 5.92 Å². The Labute approximate surface area is 113 Å². The van der Waals surface area contributed by atoms with Crippen LogP contribution in [0.1, 0.15) is 41.6 Å². The van der Waals surface area contributed by atoms with Crippen LogP contribution >= 0.6 is 0 Å². The fourth-order valence-corrected chi connectivity index (χ4v) is 3.21. The second-order valence-corrected chi connectivity index (χ2v) is 5.44. The summed E-state index contributed by atoms with van der Waals surface area (Å²) >= 11 is 0. The van der Waals surface area contributed by atoms with Crippen LogP contribution in [0.4, 0.5) is 0 Å². The molecule has 0 amide bonds. The average molecular weight is 260 g/mol. The minimum Gasteiger partial charge on any atom is -0.497 e. The van der Waals surface area contributed by atoms with Gasteiger partial charge in [0.1, 0.15) is 5.75 Å². The van der Waals surface area contributed by atoms with Gasteiger partial charge in [-0.2, -0.15) is 0 Å². The number of aryl methyl sites for hydroxylation is 1. The third-order valence-electron chi connectivity index (χ3n) is 4.31. The van der Waals surface area contributed by atoms with Gasteiger partial charge in [0.25, 0.3) is 0 Å². The van der Waals surface area contributed by atoms with Crippen molar-refractivity contribution in [2.75, 3.05) is 13.7 Å². The van der Waals surface area contributed by atoms with Gasteiger partial charge in [0, 0.05) is 18.1 Å². The van der Waals surface area contributed by atoms with Gasteiger partial charge in [0.2, 0.25) is 0 Å². The topological polar surface area (TPSA) is 35.5 Å². The fourth-order valence-electron chi connectivity index (χ4n) is 3.21.